The first-order valence-electron chi connectivity index (χ1n) is 9.97. The Morgan fingerprint density at radius 3 is 2.25 bits per heavy atom. The van der Waals surface area contributed by atoms with Gasteiger partial charge in [0, 0.05) is 18.4 Å². The summed E-state index contributed by atoms with van der Waals surface area (Å²) in [7, 11) is 6.21. The number of carboxylic acids is 1. The molecule has 0 saturated carbocycles. The summed E-state index contributed by atoms with van der Waals surface area (Å²) in [6.45, 7) is 0. The molecule has 32 heavy (non-hydrogen) atoms. The number of carbonyl (C=O) groups excluding carboxylic acids is 1. The van der Waals surface area contributed by atoms with Gasteiger partial charge in [0.2, 0.25) is 5.91 Å². The molecule has 1 aliphatic rings. The molecule has 9 heteroatoms. The second-order valence-electron chi connectivity index (χ2n) is 7.08. The highest BCUT2D eigenvalue weighted by Gasteiger charge is 2.34. The first kappa shape index (κ1) is 22.9. The molecule has 0 unspecified atom stereocenters. The average molecular weight is 442 g/mol. The number of rotatable bonds is 9. The van der Waals surface area contributed by atoms with Gasteiger partial charge in [-0.05, 0) is 35.9 Å². The van der Waals surface area contributed by atoms with Crippen molar-refractivity contribution < 1.29 is 33.6 Å². The van der Waals surface area contributed by atoms with Crippen molar-refractivity contribution in [1.82, 2.24) is 5.01 Å². The van der Waals surface area contributed by atoms with Gasteiger partial charge < -0.3 is 24.1 Å². The number of nitrogens with zero attached hydrogens (tertiary/aromatic N) is 2. The number of hydrogen-bond donors (Lipinski definition) is 1. The molecular weight excluding hydrogens is 416 g/mol. The van der Waals surface area contributed by atoms with Gasteiger partial charge in [-0.15, -0.1) is 0 Å². The molecule has 9 nitrogen and oxygen atoms in total. The van der Waals surface area contributed by atoms with Crippen molar-refractivity contribution in [2.45, 2.75) is 25.3 Å². The maximum atomic E-state index is 12.9. The number of benzene rings is 2. The van der Waals surface area contributed by atoms with E-state index in [1.807, 2.05) is 6.07 Å². The molecule has 2 aromatic carbocycles. The van der Waals surface area contributed by atoms with Crippen molar-refractivity contribution >= 4 is 17.6 Å². The van der Waals surface area contributed by atoms with Crippen LogP contribution in [-0.2, 0) is 9.59 Å². The molecule has 1 amide bonds. The topological polar surface area (TPSA) is 107 Å². The quantitative estimate of drug-likeness (QED) is 0.635. The largest absolute Gasteiger partial charge is 0.497 e. The van der Waals surface area contributed by atoms with Crippen LogP contribution in [0.3, 0.4) is 0 Å². The predicted molar refractivity (Wildman–Crippen MR) is 117 cm³/mol. The van der Waals surface area contributed by atoms with E-state index < -0.39 is 12.0 Å². The molecule has 1 atom stereocenters. The summed E-state index contributed by atoms with van der Waals surface area (Å²) in [5, 5.41) is 14.9. The summed E-state index contributed by atoms with van der Waals surface area (Å²) >= 11 is 0. The predicted octanol–water partition coefficient (Wildman–Crippen LogP) is 3.26. The summed E-state index contributed by atoms with van der Waals surface area (Å²) in [6, 6.07) is 10.3. The zero-order valence-corrected chi connectivity index (χ0v) is 18.5. The van der Waals surface area contributed by atoms with Crippen LogP contribution in [0.25, 0.3) is 0 Å². The number of methoxy groups -OCH3 is 4. The van der Waals surface area contributed by atoms with E-state index in [0.717, 1.165) is 5.56 Å². The molecule has 0 aliphatic carbocycles. The molecule has 0 saturated heterocycles. The first-order chi connectivity index (χ1) is 15.4. The SMILES string of the molecule is COc1ccc(OC)c(C2=NN(C(=O)CCC(=O)O)[C@H](c3ccc(OC)c(OC)c3)C2)c1. The second-order valence-corrected chi connectivity index (χ2v) is 7.08. The van der Waals surface area contributed by atoms with E-state index in [1.165, 1.54) is 12.1 Å². The van der Waals surface area contributed by atoms with Gasteiger partial charge in [-0.1, -0.05) is 6.07 Å². The van der Waals surface area contributed by atoms with Gasteiger partial charge >= 0.3 is 5.97 Å². The number of amides is 1. The molecule has 0 radical (unpaired) electrons. The second kappa shape index (κ2) is 10.0. The standard InChI is InChI=1S/C23H26N2O7/c1-29-15-6-8-19(30-2)16(12-15)17-13-18(25(24-17)22(26)9-10-23(27)28)14-5-7-20(31-3)21(11-14)32-4/h5-8,11-12,18H,9-10,13H2,1-4H3,(H,27,28)/t18-/m0/s1. The number of ether oxygens (including phenoxy) is 4. The van der Waals surface area contributed by atoms with Crippen LogP contribution in [0, 0.1) is 0 Å². The van der Waals surface area contributed by atoms with E-state index in [4.69, 9.17) is 24.1 Å². The minimum atomic E-state index is -1.04. The highest BCUT2D eigenvalue weighted by Crippen LogP contribution is 2.39. The molecule has 1 N–H and O–H groups in total. The summed E-state index contributed by atoms with van der Waals surface area (Å²) in [4.78, 5) is 23.9. The Hall–Kier alpha value is -3.75. The van der Waals surface area contributed by atoms with Crippen molar-refractivity contribution in [3.05, 3.63) is 47.5 Å². The molecule has 0 fully saturated rings. The van der Waals surface area contributed by atoms with Crippen molar-refractivity contribution in [2.75, 3.05) is 28.4 Å². The average Bonchev–Trinajstić information content (AvgIpc) is 3.27. The van der Waals surface area contributed by atoms with Crippen LogP contribution in [0.1, 0.15) is 36.4 Å². The van der Waals surface area contributed by atoms with Crippen LogP contribution in [-0.4, -0.2) is 56.1 Å². The fourth-order valence-electron chi connectivity index (χ4n) is 3.59. The molecule has 0 aromatic heterocycles. The third kappa shape index (κ3) is 4.77. The zero-order valence-electron chi connectivity index (χ0n) is 18.5. The van der Waals surface area contributed by atoms with Gasteiger partial charge in [0.15, 0.2) is 11.5 Å². The minimum Gasteiger partial charge on any atom is -0.497 e. The lowest BCUT2D eigenvalue weighted by Crippen LogP contribution is -2.27. The van der Waals surface area contributed by atoms with Gasteiger partial charge in [0.25, 0.3) is 0 Å². The molecule has 1 aliphatic heterocycles. The van der Waals surface area contributed by atoms with Crippen LogP contribution in [0.15, 0.2) is 41.5 Å². The highest BCUT2D eigenvalue weighted by molar-refractivity contribution is 6.05. The number of hydrazone groups is 1. The number of carboxylic acid groups (broad SMARTS) is 1. The molecule has 2 aromatic rings. The van der Waals surface area contributed by atoms with E-state index in [9.17, 15) is 9.59 Å². The van der Waals surface area contributed by atoms with Gasteiger partial charge in [0.1, 0.15) is 11.5 Å². The van der Waals surface area contributed by atoms with Gasteiger partial charge in [0.05, 0.1) is 46.6 Å². The summed E-state index contributed by atoms with van der Waals surface area (Å²) < 4.78 is 21.5. The molecule has 3 rings (SSSR count). The smallest absolute Gasteiger partial charge is 0.303 e. The Kier molecular flexibility index (Phi) is 7.19. The molecular formula is C23H26N2O7. The van der Waals surface area contributed by atoms with Gasteiger partial charge in [-0.25, -0.2) is 5.01 Å². The third-order valence-corrected chi connectivity index (χ3v) is 5.23. The maximum Gasteiger partial charge on any atom is 0.303 e. The fraction of sp³-hybridized carbons (Fsp3) is 0.348. The number of carbonyl (C=O) groups is 2. The van der Waals surface area contributed by atoms with E-state index in [2.05, 4.69) is 5.10 Å². The Morgan fingerprint density at radius 1 is 0.938 bits per heavy atom. The van der Waals surface area contributed by atoms with Crippen LogP contribution < -0.4 is 18.9 Å². The van der Waals surface area contributed by atoms with Crippen LogP contribution in [0.4, 0.5) is 0 Å². The van der Waals surface area contributed by atoms with Crippen LogP contribution in [0.5, 0.6) is 23.0 Å². The molecule has 1 heterocycles. The zero-order chi connectivity index (χ0) is 23.3. The fourth-order valence-corrected chi connectivity index (χ4v) is 3.59. The Labute approximate surface area is 186 Å². The van der Waals surface area contributed by atoms with Crippen molar-refractivity contribution in [2.24, 2.45) is 5.10 Å². The van der Waals surface area contributed by atoms with Crippen molar-refractivity contribution in [3.63, 3.8) is 0 Å². The Morgan fingerprint density at radius 2 is 1.62 bits per heavy atom. The van der Waals surface area contributed by atoms with Crippen LogP contribution >= 0.6 is 0 Å². The van der Waals surface area contributed by atoms with E-state index >= 15 is 0 Å². The highest BCUT2D eigenvalue weighted by atomic mass is 16.5. The van der Waals surface area contributed by atoms with Gasteiger partial charge in [-0.3, -0.25) is 9.59 Å². The maximum absolute atomic E-state index is 12.9. The van der Waals surface area contributed by atoms with E-state index in [1.54, 1.807) is 51.7 Å². The lowest BCUT2D eigenvalue weighted by Gasteiger charge is -2.22. The molecule has 0 spiro atoms. The Balaban J connectivity index is 2.02. The first-order valence-corrected chi connectivity index (χ1v) is 9.97. The Bertz CT molecular complexity index is 1040. The third-order valence-electron chi connectivity index (χ3n) is 5.23. The molecule has 0 bridgehead atoms. The number of aliphatic carboxylic acids is 1. The summed E-state index contributed by atoms with van der Waals surface area (Å²) in [6.07, 6.45) is -0.0374. The van der Waals surface area contributed by atoms with Crippen molar-refractivity contribution in [3.8, 4) is 23.0 Å². The van der Waals surface area contributed by atoms with Gasteiger partial charge in [-0.2, -0.15) is 5.10 Å². The lowest BCUT2D eigenvalue weighted by atomic mass is 9.97. The van der Waals surface area contributed by atoms with Crippen molar-refractivity contribution in [1.29, 1.82) is 0 Å². The normalized spacial score (nSPS) is 15.2. The van der Waals surface area contributed by atoms with E-state index in [0.29, 0.717) is 40.7 Å². The lowest BCUT2D eigenvalue weighted by molar-refractivity contribution is -0.141. The van der Waals surface area contributed by atoms with Crippen LogP contribution in [0.2, 0.25) is 0 Å². The summed E-state index contributed by atoms with van der Waals surface area (Å²) in [5.41, 5.74) is 2.11. The minimum absolute atomic E-state index is 0.162. The molecule has 170 valence electrons. The number of hydrogen-bond acceptors (Lipinski definition) is 7. The summed E-state index contributed by atoms with van der Waals surface area (Å²) in [5.74, 6) is 0.879. The van der Waals surface area contributed by atoms with E-state index in [-0.39, 0.29) is 18.7 Å². The monoisotopic (exact) mass is 442 g/mol.